The van der Waals surface area contributed by atoms with Crippen molar-refractivity contribution >= 4 is 17.6 Å². The van der Waals surface area contributed by atoms with Crippen LogP contribution in [0.3, 0.4) is 0 Å². The number of rotatable bonds is 5. The van der Waals surface area contributed by atoms with Crippen molar-refractivity contribution in [1.29, 1.82) is 0 Å². The van der Waals surface area contributed by atoms with E-state index in [1.165, 1.54) is 12.1 Å². The van der Waals surface area contributed by atoms with Gasteiger partial charge in [-0.05, 0) is 41.5 Å². The Labute approximate surface area is 158 Å². The van der Waals surface area contributed by atoms with Crippen LogP contribution in [0.5, 0.6) is 11.5 Å². The van der Waals surface area contributed by atoms with Gasteiger partial charge in [0.2, 0.25) is 0 Å². The highest BCUT2D eigenvalue weighted by Gasteiger charge is 2.22. The lowest BCUT2D eigenvalue weighted by Gasteiger charge is -2.28. The monoisotopic (exact) mass is 371 g/mol. The van der Waals surface area contributed by atoms with Gasteiger partial charge in [-0.2, -0.15) is 0 Å². The molecule has 0 aromatic heterocycles. The van der Waals surface area contributed by atoms with Crippen molar-refractivity contribution in [2.45, 2.75) is 0 Å². The van der Waals surface area contributed by atoms with Crippen LogP contribution in [-0.4, -0.2) is 51.3 Å². The van der Waals surface area contributed by atoms with Crippen LogP contribution in [0.2, 0.25) is 0 Å². The molecule has 2 aromatic rings. The summed E-state index contributed by atoms with van der Waals surface area (Å²) < 4.78 is 29.2. The van der Waals surface area contributed by atoms with Gasteiger partial charge in [-0.25, -0.2) is 4.39 Å². The van der Waals surface area contributed by atoms with Crippen molar-refractivity contribution in [2.24, 2.45) is 0 Å². The quantitative estimate of drug-likeness (QED) is 0.598. The lowest BCUT2D eigenvalue weighted by atomic mass is 10.0. The Hall–Kier alpha value is -2.86. The van der Waals surface area contributed by atoms with Gasteiger partial charge in [0.25, 0.3) is 5.91 Å². The first-order valence-corrected chi connectivity index (χ1v) is 8.69. The minimum absolute atomic E-state index is 0.102. The predicted octanol–water partition coefficient (Wildman–Crippen LogP) is 3.24. The Morgan fingerprint density at radius 1 is 1.04 bits per heavy atom. The maximum absolute atomic E-state index is 13.2. The Kier molecular flexibility index (Phi) is 6.08. The number of amides is 1. The fourth-order valence-electron chi connectivity index (χ4n) is 2.93. The molecule has 0 N–H and O–H groups in total. The molecule has 1 amide bonds. The van der Waals surface area contributed by atoms with Crippen molar-refractivity contribution in [3.05, 3.63) is 59.4 Å². The summed E-state index contributed by atoms with van der Waals surface area (Å²) in [7, 11) is 3.11. The third-order valence-electron chi connectivity index (χ3n) is 4.40. The summed E-state index contributed by atoms with van der Waals surface area (Å²) in [4.78, 5) is 14.9. The second kappa shape index (κ2) is 8.68. The van der Waals surface area contributed by atoms with Crippen molar-refractivity contribution in [1.82, 2.24) is 4.90 Å². The van der Waals surface area contributed by atoms with Crippen LogP contribution >= 0.6 is 0 Å². The summed E-state index contributed by atoms with van der Waals surface area (Å²) in [5.41, 5.74) is 1.95. The molecule has 1 aliphatic rings. The minimum atomic E-state index is -0.320. The number of hydrogen-bond donors (Lipinski definition) is 0. The molecule has 0 bridgehead atoms. The molecule has 0 spiro atoms. The summed E-state index contributed by atoms with van der Waals surface area (Å²) in [6.07, 6.45) is 1.76. The standard InChI is InChI=1S/C21H22FNO4/c1-25-19-8-5-16(14-20(19)26-2)18(13-15-3-6-17(22)7-4-15)21(24)23-9-11-27-12-10-23/h3-8,13-14H,9-12H2,1-2H3. The molecule has 2 aromatic carbocycles. The number of ether oxygens (including phenoxy) is 3. The summed E-state index contributed by atoms with van der Waals surface area (Å²) >= 11 is 0. The second-order valence-corrected chi connectivity index (χ2v) is 6.08. The molecule has 1 saturated heterocycles. The molecular formula is C21H22FNO4. The van der Waals surface area contributed by atoms with Gasteiger partial charge >= 0.3 is 0 Å². The maximum atomic E-state index is 13.2. The molecular weight excluding hydrogens is 349 g/mol. The van der Waals surface area contributed by atoms with E-state index in [0.29, 0.717) is 48.9 Å². The van der Waals surface area contributed by atoms with E-state index >= 15 is 0 Å². The second-order valence-electron chi connectivity index (χ2n) is 6.08. The number of hydrogen-bond acceptors (Lipinski definition) is 4. The molecule has 0 atom stereocenters. The topological polar surface area (TPSA) is 48.0 Å². The third kappa shape index (κ3) is 4.46. The van der Waals surface area contributed by atoms with E-state index < -0.39 is 0 Å². The van der Waals surface area contributed by atoms with Gasteiger partial charge in [0.15, 0.2) is 11.5 Å². The van der Waals surface area contributed by atoms with Crippen molar-refractivity contribution in [2.75, 3.05) is 40.5 Å². The van der Waals surface area contributed by atoms with E-state index in [1.54, 1.807) is 49.5 Å². The molecule has 1 heterocycles. The molecule has 0 unspecified atom stereocenters. The third-order valence-corrected chi connectivity index (χ3v) is 4.40. The van der Waals surface area contributed by atoms with Gasteiger partial charge in [-0.1, -0.05) is 18.2 Å². The predicted molar refractivity (Wildman–Crippen MR) is 101 cm³/mol. The first kappa shape index (κ1) is 18.9. The van der Waals surface area contributed by atoms with Crippen LogP contribution < -0.4 is 9.47 Å². The summed E-state index contributed by atoms with van der Waals surface area (Å²) in [6, 6.07) is 11.4. The van der Waals surface area contributed by atoms with Gasteiger partial charge in [0, 0.05) is 18.7 Å². The normalized spacial score (nSPS) is 14.8. The molecule has 3 rings (SSSR count). The Bertz CT molecular complexity index is 827. The lowest BCUT2D eigenvalue weighted by Crippen LogP contribution is -2.41. The summed E-state index contributed by atoms with van der Waals surface area (Å²) in [5.74, 6) is 0.699. The van der Waals surface area contributed by atoms with Crippen molar-refractivity contribution < 1.29 is 23.4 Å². The zero-order chi connectivity index (χ0) is 19.2. The van der Waals surface area contributed by atoms with Gasteiger partial charge in [0.1, 0.15) is 5.82 Å². The fourth-order valence-corrected chi connectivity index (χ4v) is 2.93. The lowest BCUT2D eigenvalue weighted by molar-refractivity contribution is -0.128. The molecule has 0 saturated carbocycles. The Morgan fingerprint density at radius 2 is 1.70 bits per heavy atom. The van der Waals surface area contributed by atoms with Crippen LogP contribution in [0, 0.1) is 5.82 Å². The highest BCUT2D eigenvalue weighted by atomic mass is 19.1. The van der Waals surface area contributed by atoms with Crippen LogP contribution in [0.15, 0.2) is 42.5 Å². The smallest absolute Gasteiger partial charge is 0.254 e. The Balaban J connectivity index is 2.03. The van der Waals surface area contributed by atoms with Gasteiger partial charge in [-0.3, -0.25) is 4.79 Å². The van der Waals surface area contributed by atoms with Crippen LogP contribution in [0.4, 0.5) is 4.39 Å². The highest BCUT2D eigenvalue weighted by molar-refractivity contribution is 6.24. The summed E-state index contributed by atoms with van der Waals surface area (Å²) in [6.45, 7) is 2.10. The molecule has 5 nitrogen and oxygen atoms in total. The first-order valence-electron chi connectivity index (χ1n) is 8.69. The number of nitrogens with zero attached hydrogens (tertiary/aromatic N) is 1. The van der Waals surface area contributed by atoms with E-state index in [0.717, 1.165) is 5.56 Å². The SMILES string of the molecule is COc1ccc(C(=Cc2ccc(F)cc2)C(=O)N2CCOCC2)cc1OC. The Morgan fingerprint density at radius 3 is 2.33 bits per heavy atom. The first-order chi connectivity index (χ1) is 13.1. The van der Waals surface area contributed by atoms with Gasteiger partial charge < -0.3 is 19.1 Å². The van der Waals surface area contributed by atoms with Crippen LogP contribution in [-0.2, 0) is 9.53 Å². The average molecular weight is 371 g/mol. The summed E-state index contributed by atoms with van der Waals surface area (Å²) in [5, 5.41) is 0. The number of benzene rings is 2. The number of carbonyl (C=O) groups excluding carboxylic acids is 1. The highest BCUT2D eigenvalue weighted by Crippen LogP contribution is 2.32. The molecule has 1 fully saturated rings. The molecule has 0 aliphatic carbocycles. The molecule has 142 valence electrons. The molecule has 0 radical (unpaired) electrons. The van der Waals surface area contributed by atoms with E-state index in [4.69, 9.17) is 14.2 Å². The number of halogens is 1. The average Bonchev–Trinajstić information content (AvgIpc) is 2.73. The number of methoxy groups -OCH3 is 2. The van der Waals surface area contributed by atoms with Crippen LogP contribution in [0.1, 0.15) is 11.1 Å². The zero-order valence-electron chi connectivity index (χ0n) is 15.4. The van der Waals surface area contributed by atoms with E-state index in [-0.39, 0.29) is 11.7 Å². The molecule has 27 heavy (non-hydrogen) atoms. The largest absolute Gasteiger partial charge is 0.493 e. The number of morpholine rings is 1. The molecule has 6 heteroatoms. The van der Waals surface area contributed by atoms with E-state index in [1.807, 2.05) is 6.07 Å². The van der Waals surface area contributed by atoms with Crippen molar-refractivity contribution in [3.8, 4) is 11.5 Å². The zero-order valence-corrected chi connectivity index (χ0v) is 15.4. The van der Waals surface area contributed by atoms with Gasteiger partial charge in [0.05, 0.1) is 27.4 Å². The maximum Gasteiger partial charge on any atom is 0.254 e. The van der Waals surface area contributed by atoms with Crippen LogP contribution in [0.25, 0.3) is 11.6 Å². The van der Waals surface area contributed by atoms with Gasteiger partial charge in [-0.15, -0.1) is 0 Å². The van der Waals surface area contributed by atoms with Crippen molar-refractivity contribution in [3.63, 3.8) is 0 Å². The number of carbonyl (C=O) groups is 1. The van der Waals surface area contributed by atoms with E-state index in [2.05, 4.69) is 0 Å². The minimum Gasteiger partial charge on any atom is -0.493 e. The van der Waals surface area contributed by atoms with E-state index in [9.17, 15) is 9.18 Å². The fraction of sp³-hybridized carbons (Fsp3) is 0.286. The molecule has 1 aliphatic heterocycles.